The van der Waals surface area contributed by atoms with E-state index in [0.29, 0.717) is 5.56 Å². The Morgan fingerprint density at radius 1 is 1.41 bits per heavy atom. The molecular formula is C11H10F3NO2. The summed E-state index contributed by atoms with van der Waals surface area (Å²) in [5, 5.41) is 8.53. The minimum absolute atomic E-state index is 0.0147. The molecule has 1 aromatic heterocycles. The maximum Gasteiger partial charge on any atom is 0.399 e. The second kappa shape index (κ2) is 3.72. The van der Waals surface area contributed by atoms with E-state index >= 15 is 0 Å². The summed E-state index contributed by atoms with van der Waals surface area (Å²) < 4.78 is 38.3. The standard InChI is InChI=1S/C11H10F3NO2/c12-11(13,14)10(3-4-10)8-2-1-7(6-15-8)5-9(16)17/h1-2,6H,3-5H2,(H,16,17). The third-order valence-corrected chi connectivity index (χ3v) is 2.96. The fourth-order valence-corrected chi connectivity index (χ4v) is 1.80. The highest BCUT2D eigenvalue weighted by Gasteiger charge is 2.65. The van der Waals surface area contributed by atoms with Crippen molar-refractivity contribution in [3.05, 3.63) is 29.6 Å². The lowest BCUT2D eigenvalue weighted by atomic mass is 10.0. The first-order chi connectivity index (χ1) is 7.85. The predicted molar refractivity (Wildman–Crippen MR) is 52.5 cm³/mol. The normalized spacial score (nSPS) is 17.8. The van der Waals surface area contributed by atoms with Gasteiger partial charge in [0.1, 0.15) is 5.41 Å². The maximum absolute atomic E-state index is 12.8. The Morgan fingerprint density at radius 3 is 2.41 bits per heavy atom. The van der Waals surface area contributed by atoms with Crippen LogP contribution in [0.15, 0.2) is 18.3 Å². The summed E-state index contributed by atoms with van der Waals surface area (Å²) in [7, 11) is 0. The lowest BCUT2D eigenvalue weighted by Crippen LogP contribution is -2.29. The number of hydrogen-bond acceptors (Lipinski definition) is 2. The third kappa shape index (κ3) is 2.11. The number of aliphatic carboxylic acids is 1. The molecule has 0 bridgehead atoms. The SMILES string of the molecule is O=C(O)Cc1ccc(C2(C(F)(F)F)CC2)nc1. The smallest absolute Gasteiger partial charge is 0.399 e. The van der Waals surface area contributed by atoms with Gasteiger partial charge in [-0.25, -0.2) is 0 Å². The number of halogens is 3. The fraction of sp³-hybridized carbons (Fsp3) is 0.455. The van der Waals surface area contributed by atoms with Gasteiger partial charge in [0.05, 0.1) is 12.1 Å². The molecule has 0 aromatic carbocycles. The molecule has 0 saturated heterocycles. The molecule has 1 saturated carbocycles. The Labute approximate surface area is 95.3 Å². The molecule has 2 rings (SSSR count). The van der Waals surface area contributed by atoms with E-state index in [9.17, 15) is 18.0 Å². The average Bonchev–Trinajstić information content (AvgIpc) is 2.97. The molecule has 1 aliphatic rings. The fourth-order valence-electron chi connectivity index (χ4n) is 1.80. The summed E-state index contributed by atoms with van der Waals surface area (Å²) in [4.78, 5) is 14.2. The molecule has 0 amide bonds. The van der Waals surface area contributed by atoms with Crippen molar-refractivity contribution in [2.45, 2.75) is 30.9 Å². The van der Waals surface area contributed by atoms with Crippen LogP contribution in [0.2, 0.25) is 0 Å². The molecule has 0 spiro atoms. The Kier molecular flexibility index (Phi) is 2.60. The van der Waals surface area contributed by atoms with E-state index in [2.05, 4.69) is 4.98 Å². The molecule has 17 heavy (non-hydrogen) atoms. The zero-order chi connectivity index (χ0) is 12.7. The molecular weight excluding hydrogens is 235 g/mol. The lowest BCUT2D eigenvalue weighted by molar-refractivity contribution is -0.161. The van der Waals surface area contributed by atoms with Gasteiger partial charge in [-0.2, -0.15) is 13.2 Å². The van der Waals surface area contributed by atoms with Crippen LogP contribution in [0.4, 0.5) is 13.2 Å². The number of nitrogens with zero attached hydrogens (tertiary/aromatic N) is 1. The van der Waals surface area contributed by atoms with E-state index < -0.39 is 17.6 Å². The van der Waals surface area contributed by atoms with Crippen molar-refractivity contribution in [2.75, 3.05) is 0 Å². The highest BCUT2D eigenvalue weighted by atomic mass is 19.4. The van der Waals surface area contributed by atoms with Crippen molar-refractivity contribution in [2.24, 2.45) is 0 Å². The molecule has 0 radical (unpaired) electrons. The Morgan fingerprint density at radius 2 is 2.06 bits per heavy atom. The van der Waals surface area contributed by atoms with E-state index in [0.717, 1.165) is 0 Å². The van der Waals surface area contributed by atoms with Gasteiger partial charge in [-0.3, -0.25) is 9.78 Å². The Bertz CT molecular complexity index is 435. The predicted octanol–water partition coefficient (Wildman–Crippen LogP) is 2.30. The van der Waals surface area contributed by atoms with Gasteiger partial charge in [-0.05, 0) is 24.5 Å². The second-order valence-corrected chi connectivity index (χ2v) is 4.20. The third-order valence-electron chi connectivity index (χ3n) is 2.96. The molecule has 6 heteroatoms. The van der Waals surface area contributed by atoms with Crippen molar-refractivity contribution in [3.8, 4) is 0 Å². The van der Waals surface area contributed by atoms with Crippen LogP contribution in [0, 0.1) is 0 Å². The van der Waals surface area contributed by atoms with Gasteiger partial charge in [-0.15, -0.1) is 0 Å². The van der Waals surface area contributed by atoms with Crippen LogP contribution in [-0.2, 0) is 16.6 Å². The molecule has 1 N–H and O–H groups in total. The van der Waals surface area contributed by atoms with E-state index in [1.54, 1.807) is 0 Å². The van der Waals surface area contributed by atoms with Crippen molar-refractivity contribution in [3.63, 3.8) is 0 Å². The lowest BCUT2D eigenvalue weighted by Gasteiger charge is -2.18. The maximum atomic E-state index is 12.8. The number of carboxylic acids is 1. The largest absolute Gasteiger partial charge is 0.481 e. The number of carboxylic acid groups (broad SMARTS) is 1. The molecule has 3 nitrogen and oxygen atoms in total. The summed E-state index contributed by atoms with van der Waals surface area (Å²) in [6, 6.07) is 2.67. The molecule has 0 aliphatic heterocycles. The zero-order valence-corrected chi connectivity index (χ0v) is 8.79. The molecule has 1 heterocycles. The Balaban J connectivity index is 2.22. The monoisotopic (exact) mass is 245 g/mol. The molecule has 92 valence electrons. The van der Waals surface area contributed by atoms with Gasteiger partial charge in [0.15, 0.2) is 0 Å². The summed E-state index contributed by atoms with van der Waals surface area (Å²) in [6.45, 7) is 0. The highest BCUT2D eigenvalue weighted by molar-refractivity contribution is 5.69. The van der Waals surface area contributed by atoms with Crippen LogP contribution >= 0.6 is 0 Å². The Hall–Kier alpha value is -1.59. The first-order valence-electron chi connectivity index (χ1n) is 5.09. The molecule has 0 atom stereocenters. The van der Waals surface area contributed by atoms with Crippen molar-refractivity contribution in [1.82, 2.24) is 4.98 Å². The number of pyridine rings is 1. The summed E-state index contributed by atoms with van der Waals surface area (Å²) in [5.41, 5.74) is -1.41. The van der Waals surface area contributed by atoms with Gasteiger partial charge in [0.2, 0.25) is 0 Å². The molecule has 1 aromatic rings. The number of rotatable bonds is 3. The van der Waals surface area contributed by atoms with E-state index in [1.807, 2.05) is 0 Å². The van der Waals surface area contributed by atoms with Crippen LogP contribution in [0.3, 0.4) is 0 Å². The summed E-state index contributed by atoms with van der Waals surface area (Å²) in [5.74, 6) is -1.03. The van der Waals surface area contributed by atoms with E-state index in [1.165, 1.54) is 18.3 Å². The van der Waals surface area contributed by atoms with Crippen LogP contribution in [-0.4, -0.2) is 22.2 Å². The van der Waals surface area contributed by atoms with Crippen molar-refractivity contribution in [1.29, 1.82) is 0 Å². The quantitative estimate of drug-likeness (QED) is 0.888. The van der Waals surface area contributed by atoms with Gasteiger partial charge in [-0.1, -0.05) is 6.07 Å². The summed E-state index contributed by atoms with van der Waals surface area (Å²) in [6.07, 6.45) is -3.20. The molecule has 1 aliphatic carbocycles. The van der Waals surface area contributed by atoms with Crippen LogP contribution in [0.25, 0.3) is 0 Å². The van der Waals surface area contributed by atoms with Gasteiger partial charge in [0, 0.05) is 6.20 Å². The number of hydrogen-bond donors (Lipinski definition) is 1. The number of aromatic nitrogens is 1. The van der Waals surface area contributed by atoms with Crippen molar-refractivity contribution < 1.29 is 23.1 Å². The van der Waals surface area contributed by atoms with Gasteiger partial charge < -0.3 is 5.11 Å². The second-order valence-electron chi connectivity index (χ2n) is 4.20. The number of alkyl halides is 3. The highest BCUT2D eigenvalue weighted by Crippen LogP contribution is 2.58. The minimum Gasteiger partial charge on any atom is -0.481 e. The zero-order valence-electron chi connectivity index (χ0n) is 8.79. The summed E-state index contributed by atoms with van der Waals surface area (Å²) >= 11 is 0. The first kappa shape index (κ1) is 11.9. The molecule has 0 unspecified atom stereocenters. The van der Waals surface area contributed by atoms with Crippen LogP contribution in [0.1, 0.15) is 24.1 Å². The minimum atomic E-state index is -4.28. The first-order valence-corrected chi connectivity index (χ1v) is 5.09. The average molecular weight is 245 g/mol. The topological polar surface area (TPSA) is 50.2 Å². The van der Waals surface area contributed by atoms with Crippen LogP contribution < -0.4 is 0 Å². The van der Waals surface area contributed by atoms with Crippen LogP contribution in [0.5, 0.6) is 0 Å². The van der Waals surface area contributed by atoms with E-state index in [4.69, 9.17) is 5.11 Å². The van der Waals surface area contributed by atoms with Crippen molar-refractivity contribution >= 4 is 5.97 Å². The van der Waals surface area contributed by atoms with Gasteiger partial charge >= 0.3 is 12.1 Å². The molecule has 1 fully saturated rings. The number of carbonyl (C=O) groups is 1. The van der Waals surface area contributed by atoms with E-state index in [-0.39, 0.29) is 25.0 Å². The van der Waals surface area contributed by atoms with Gasteiger partial charge in [0.25, 0.3) is 0 Å².